The van der Waals surface area contributed by atoms with E-state index in [-0.39, 0.29) is 0 Å². The zero-order valence-electron chi connectivity index (χ0n) is 28.4. The minimum Gasteiger partial charge on any atom is -0.309 e. The van der Waals surface area contributed by atoms with Gasteiger partial charge in [-0.05, 0) is 100 Å². The highest BCUT2D eigenvalue weighted by Crippen LogP contribution is 2.44. The Bertz CT molecular complexity index is 3240. The molecule has 0 bridgehead atoms. The second-order valence-electron chi connectivity index (χ2n) is 14.4. The molecule has 52 heavy (non-hydrogen) atoms. The first-order valence-electron chi connectivity index (χ1n) is 17.5. The molecule has 0 fully saturated rings. The first-order chi connectivity index (χ1) is 25.4. The number of aromatic nitrogens is 2. The second kappa shape index (κ2) is 10.3. The molecule has 4 nitrogen and oxygen atoms in total. The fourth-order valence-corrected chi connectivity index (χ4v) is 13.3. The van der Waals surface area contributed by atoms with Gasteiger partial charge in [0.2, 0.25) is 0 Å². The lowest BCUT2D eigenvalue weighted by Gasteiger charge is -2.19. The molecule has 0 radical (unpaired) electrons. The summed E-state index contributed by atoms with van der Waals surface area (Å²) in [6.45, 7) is 4.92. The van der Waals surface area contributed by atoms with E-state index in [1.165, 1.54) is 69.2 Å². The SMILES string of the molecule is C[Si]1(C)c2ccc(-n3c4ccc(C#N)cc4c4cc(C#N)ccc43)cc2-c2cc(-n3c4ccccc4c4c5sc6ccccc6c5ccc43)ccc21. The van der Waals surface area contributed by atoms with Crippen LogP contribution in [0.4, 0.5) is 0 Å². The third-order valence-electron chi connectivity index (χ3n) is 11.4. The maximum Gasteiger partial charge on any atom is 0.113 e. The van der Waals surface area contributed by atoms with Crippen molar-refractivity contribution in [1.29, 1.82) is 10.5 Å². The molecule has 0 aliphatic carbocycles. The summed E-state index contributed by atoms with van der Waals surface area (Å²) in [5.74, 6) is 0. The standard InChI is InChI=1S/C46H28N4SSi/c1-52(2)43-19-13-29(49-39-16-11-27(25-47)21-34(39)35-22-28(26-48)12-17-40(35)49)23-36(43)37-24-30(14-20-44(37)52)50-38-9-5-3-8-33(38)45-41(50)18-15-32-31-7-4-6-10-42(31)51-46(32)45/h3-24H,1-2H3. The monoisotopic (exact) mass is 696 g/mol. The molecule has 0 amide bonds. The van der Waals surface area contributed by atoms with Gasteiger partial charge < -0.3 is 9.13 Å². The van der Waals surface area contributed by atoms with Gasteiger partial charge in [-0.3, -0.25) is 0 Å². The maximum absolute atomic E-state index is 9.72. The lowest BCUT2D eigenvalue weighted by molar-refractivity contribution is 1.18. The summed E-state index contributed by atoms with van der Waals surface area (Å²) < 4.78 is 7.40. The highest BCUT2D eigenvalue weighted by Gasteiger charge is 2.38. The van der Waals surface area contributed by atoms with Crippen LogP contribution in [0.25, 0.3) is 86.3 Å². The number of nitriles is 2. The van der Waals surface area contributed by atoms with E-state index in [9.17, 15) is 10.5 Å². The summed E-state index contributed by atoms with van der Waals surface area (Å²) in [6.07, 6.45) is 0. The summed E-state index contributed by atoms with van der Waals surface area (Å²) in [5.41, 5.74) is 10.5. The fraction of sp³-hybridized carbons (Fsp3) is 0.0435. The lowest BCUT2D eigenvalue weighted by Crippen LogP contribution is -2.49. The number of benzene rings is 7. The van der Waals surface area contributed by atoms with E-state index in [0.29, 0.717) is 11.1 Å². The Kier molecular flexibility index (Phi) is 5.81. The van der Waals surface area contributed by atoms with E-state index in [4.69, 9.17) is 0 Å². The molecule has 3 aromatic heterocycles. The first kappa shape index (κ1) is 29.3. The van der Waals surface area contributed by atoms with Crippen LogP contribution in [-0.4, -0.2) is 17.2 Å². The third-order valence-corrected chi connectivity index (χ3v) is 16.1. The summed E-state index contributed by atoms with van der Waals surface area (Å²) in [7, 11) is -1.98. The molecule has 1 aliphatic heterocycles. The number of thiophene rings is 1. The molecule has 1 aliphatic rings. The number of rotatable bonds is 2. The van der Waals surface area contributed by atoms with Crippen LogP contribution in [0.1, 0.15) is 11.1 Å². The van der Waals surface area contributed by atoms with Crippen molar-refractivity contribution in [2.45, 2.75) is 13.1 Å². The van der Waals surface area contributed by atoms with Crippen molar-refractivity contribution in [3.8, 4) is 34.6 Å². The second-order valence-corrected chi connectivity index (χ2v) is 19.8. The van der Waals surface area contributed by atoms with Crippen LogP contribution in [0, 0.1) is 22.7 Å². The first-order valence-corrected chi connectivity index (χ1v) is 21.3. The Labute approximate surface area is 304 Å². The lowest BCUT2D eigenvalue weighted by atomic mass is 10.0. The van der Waals surface area contributed by atoms with Gasteiger partial charge in [-0.1, -0.05) is 67.7 Å². The van der Waals surface area contributed by atoms with E-state index >= 15 is 0 Å². The van der Waals surface area contributed by atoms with Gasteiger partial charge in [0.05, 0.1) is 45.3 Å². The normalized spacial score (nSPS) is 13.3. The Hall–Kier alpha value is -6.44. The van der Waals surface area contributed by atoms with Crippen LogP contribution in [0.15, 0.2) is 133 Å². The van der Waals surface area contributed by atoms with Crippen LogP contribution >= 0.6 is 11.3 Å². The molecule has 0 unspecified atom stereocenters. The number of hydrogen-bond acceptors (Lipinski definition) is 3. The zero-order valence-corrected chi connectivity index (χ0v) is 30.2. The quantitative estimate of drug-likeness (QED) is 0.169. The minimum absolute atomic E-state index is 0.607. The molecule has 0 saturated carbocycles. The van der Waals surface area contributed by atoms with Crippen LogP contribution < -0.4 is 10.4 Å². The van der Waals surface area contributed by atoms with E-state index in [2.05, 4.69) is 131 Å². The van der Waals surface area contributed by atoms with E-state index in [1.807, 2.05) is 47.7 Å². The molecular formula is C46H28N4SSi. The average Bonchev–Trinajstić information content (AvgIpc) is 3.89. The van der Waals surface area contributed by atoms with Crippen molar-refractivity contribution in [2.75, 3.05) is 0 Å². The molecule has 0 spiro atoms. The van der Waals surface area contributed by atoms with Gasteiger partial charge in [0.15, 0.2) is 0 Å². The van der Waals surface area contributed by atoms with Crippen molar-refractivity contribution in [2.24, 2.45) is 0 Å². The van der Waals surface area contributed by atoms with Crippen molar-refractivity contribution in [3.63, 3.8) is 0 Å². The summed E-state index contributed by atoms with van der Waals surface area (Å²) in [5, 5.41) is 29.5. The van der Waals surface area contributed by atoms with Crippen LogP contribution in [0.3, 0.4) is 0 Å². The Morgan fingerprint density at radius 1 is 0.500 bits per heavy atom. The predicted octanol–water partition coefficient (Wildman–Crippen LogP) is 10.8. The Morgan fingerprint density at radius 3 is 1.67 bits per heavy atom. The molecule has 0 atom stereocenters. The highest BCUT2D eigenvalue weighted by molar-refractivity contribution is 7.26. The smallest absolute Gasteiger partial charge is 0.113 e. The molecule has 6 heteroatoms. The molecule has 7 aromatic carbocycles. The maximum atomic E-state index is 9.72. The summed E-state index contributed by atoms with van der Waals surface area (Å²) in [6, 6.07) is 52.6. The number of hydrogen-bond donors (Lipinski definition) is 0. The highest BCUT2D eigenvalue weighted by atomic mass is 32.1. The van der Waals surface area contributed by atoms with Crippen molar-refractivity contribution in [3.05, 3.63) is 145 Å². The van der Waals surface area contributed by atoms with Gasteiger partial charge in [0, 0.05) is 53.1 Å². The largest absolute Gasteiger partial charge is 0.309 e. The van der Waals surface area contributed by atoms with Crippen LogP contribution in [0.2, 0.25) is 13.1 Å². The summed E-state index contributed by atoms with van der Waals surface area (Å²) >= 11 is 1.89. The Balaban J connectivity index is 1.15. The van der Waals surface area contributed by atoms with Crippen LogP contribution in [0.5, 0.6) is 0 Å². The topological polar surface area (TPSA) is 57.4 Å². The zero-order chi connectivity index (χ0) is 34.9. The van der Waals surface area contributed by atoms with Crippen molar-refractivity contribution >= 4 is 93.6 Å². The fourth-order valence-electron chi connectivity index (χ4n) is 8.98. The average molecular weight is 697 g/mol. The molecule has 242 valence electrons. The molecule has 0 N–H and O–H groups in total. The minimum atomic E-state index is -1.98. The summed E-state index contributed by atoms with van der Waals surface area (Å²) in [4.78, 5) is 0. The third kappa shape index (κ3) is 3.78. The number of nitrogens with zero attached hydrogens (tertiary/aromatic N) is 4. The van der Waals surface area contributed by atoms with Gasteiger partial charge in [-0.2, -0.15) is 10.5 Å². The van der Waals surface area contributed by atoms with E-state index < -0.39 is 8.07 Å². The molecular weight excluding hydrogens is 669 g/mol. The van der Waals surface area contributed by atoms with Crippen LogP contribution in [-0.2, 0) is 0 Å². The van der Waals surface area contributed by atoms with E-state index in [0.717, 1.165) is 27.5 Å². The van der Waals surface area contributed by atoms with Crippen molar-refractivity contribution in [1.82, 2.24) is 9.13 Å². The number of para-hydroxylation sites is 1. The van der Waals surface area contributed by atoms with Gasteiger partial charge in [0.1, 0.15) is 8.07 Å². The molecule has 0 saturated heterocycles. The van der Waals surface area contributed by atoms with Gasteiger partial charge in [0.25, 0.3) is 0 Å². The Morgan fingerprint density at radius 2 is 1.04 bits per heavy atom. The number of fused-ring (bicyclic) bond motifs is 13. The van der Waals surface area contributed by atoms with Gasteiger partial charge in [-0.15, -0.1) is 11.3 Å². The van der Waals surface area contributed by atoms with Crippen molar-refractivity contribution < 1.29 is 0 Å². The predicted molar refractivity (Wildman–Crippen MR) is 220 cm³/mol. The van der Waals surface area contributed by atoms with Gasteiger partial charge in [-0.25, -0.2) is 0 Å². The molecule has 11 rings (SSSR count). The molecule has 10 aromatic rings. The molecule has 4 heterocycles. The van der Waals surface area contributed by atoms with Gasteiger partial charge >= 0.3 is 0 Å². The van der Waals surface area contributed by atoms with E-state index in [1.54, 1.807) is 0 Å².